The van der Waals surface area contributed by atoms with Crippen LogP contribution in [0.4, 0.5) is 11.5 Å². The predicted octanol–water partition coefficient (Wildman–Crippen LogP) is 2.92. The molecule has 1 fully saturated rings. The van der Waals surface area contributed by atoms with Gasteiger partial charge in [0.2, 0.25) is 5.88 Å². The van der Waals surface area contributed by atoms with Crippen molar-refractivity contribution in [2.75, 3.05) is 5.73 Å². The minimum Gasteiger partial charge on any atom is -0.474 e. The van der Waals surface area contributed by atoms with Gasteiger partial charge in [-0.25, -0.2) is 0 Å². The van der Waals surface area contributed by atoms with E-state index in [1.54, 1.807) is 0 Å². The van der Waals surface area contributed by atoms with Crippen LogP contribution in [0, 0.1) is 16.0 Å². The molecule has 19 heavy (non-hydrogen) atoms. The maximum atomic E-state index is 10.8. The van der Waals surface area contributed by atoms with E-state index in [1.165, 1.54) is 18.6 Å². The first-order valence-corrected chi connectivity index (χ1v) is 6.68. The molecule has 1 aliphatic rings. The second-order valence-electron chi connectivity index (χ2n) is 4.95. The van der Waals surface area contributed by atoms with Gasteiger partial charge < -0.3 is 10.5 Å². The van der Waals surface area contributed by atoms with Crippen LogP contribution in [0.15, 0.2) is 12.1 Å². The lowest BCUT2D eigenvalue weighted by Crippen LogP contribution is -2.30. The van der Waals surface area contributed by atoms with Crippen LogP contribution in [0.5, 0.6) is 5.88 Å². The van der Waals surface area contributed by atoms with Gasteiger partial charge >= 0.3 is 0 Å². The van der Waals surface area contributed by atoms with Crippen molar-refractivity contribution in [3.8, 4) is 5.88 Å². The van der Waals surface area contributed by atoms with Crippen molar-refractivity contribution in [1.82, 2.24) is 4.98 Å². The van der Waals surface area contributed by atoms with Gasteiger partial charge in [0.15, 0.2) is 0 Å². The Hall–Kier alpha value is -1.85. The third-order valence-electron chi connectivity index (χ3n) is 3.65. The molecule has 0 saturated heterocycles. The number of nitrogen functional groups attached to an aromatic ring is 1. The third kappa shape index (κ3) is 3.33. The monoisotopic (exact) mass is 265 g/mol. The Balaban J connectivity index is 2.15. The number of nitrogens with two attached hydrogens (primary N) is 1. The molecule has 1 aromatic heterocycles. The molecular formula is C13H19N3O3. The van der Waals surface area contributed by atoms with Crippen LogP contribution in [-0.2, 0) is 0 Å². The van der Waals surface area contributed by atoms with Gasteiger partial charge in [-0.3, -0.25) is 10.1 Å². The molecule has 0 aromatic carbocycles. The summed E-state index contributed by atoms with van der Waals surface area (Å²) in [5.41, 5.74) is 5.50. The van der Waals surface area contributed by atoms with Gasteiger partial charge in [-0.15, -0.1) is 0 Å². The standard InChI is InChI=1S/C13H19N3O3/c1-2-9-5-3-4-6-11(9)19-13-8-10(16(17)18)7-12(14)15-13/h7-9,11H,2-6H2,1H3,(H2,14,15). The van der Waals surface area contributed by atoms with Crippen molar-refractivity contribution >= 4 is 11.5 Å². The zero-order chi connectivity index (χ0) is 13.8. The quantitative estimate of drug-likeness (QED) is 0.667. The Morgan fingerprint density at radius 1 is 1.47 bits per heavy atom. The van der Waals surface area contributed by atoms with Gasteiger partial charge in [-0.2, -0.15) is 4.98 Å². The number of nitro groups is 1. The Morgan fingerprint density at radius 2 is 2.21 bits per heavy atom. The number of aromatic nitrogens is 1. The molecule has 6 heteroatoms. The molecule has 0 bridgehead atoms. The fourth-order valence-electron chi connectivity index (χ4n) is 2.63. The highest BCUT2D eigenvalue weighted by Gasteiger charge is 2.26. The molecule has 0 amide bonds. The van der Waals surface area contributed by atoms with Crippen LogP contribution in [-0.4, -0.2) is 16.0 Å². The van der Waals surface area contributed by atoms with Crippen LogP contribution in [0.2, 0.25) is 0 Å². The first kappa shape index (κ1) is 13.6. The zero-order valence-corrected chi connectivity index (χ0v) is 11.0. The van der Waals surface area contributed by atoms with E-state index in [4.69, 9.17) is 10.5 Å². The summed E-state index contributed by atoms with van der Waals surface area (Å²) in [7, 11) is 0. The largest absolute Gasteiger partial charge is 0.474 e. The summed E-state index contributed by atoms with van der Waals surface area (Å²) in [6, 6.07) is 2.59. The molecule has 1 aliphatic carbocycles. The third-order valence-corrected chi connectivity index (χ3v) is 3.65. The molecule has 6 nitrogen and oxygen atoms in total. The lowest BCUT2D eigenvalue weighted by Gasteiger charge is -2.30. The number of hydrogen-bond acceptors (Lipinski definition) is 5. The summed E-state index contributed by atoms with van der Waals surface area (Å²) in [4.78, 5) is 14.3. The number of pyridine rings is 1. The highest BCUT2D eigenvalue weighted by Crippen LogP contribution is 2.31. The average Bonchev–Trinajstić information content (AvgIpc) is 2.38. The maximum absolute atomic E-state index is 10.8. The molecule has 1 saturated carbocycles. The average molecular weight is 265 g/mol. The number of rotatable bonds is 4. The number of nitrogens with zero attached hydrogens (tertiary/aromatic N) is 2. The van der Waals surface area contributed by atoms with Crippen molar-refractivity contribution in [3.05, 3.63) is 22.2 Å². The van der Waals surface area contributed by atoms with E-state index in [-0.39, 0.29) is 23.5 Å². The maximum Gasteiger partial charge on any atom is 0.278 e. The van der Waals surface area contributed by atoms with Crippen molar-refractivity contribution in [2.45, 2.75) is 45.1 Å². The predicted molar refractivity (Wildman–Crippen MR) is 72.0 cm³/mol. The zero-order valence-electron chi connectivity index (χ0n) is 11.0. The van der Waals surface area contributed by atoms with Crippen molar-refractivity contribution in [1.29, 1.82) is 0 Å². The summed E-state index contributed by atoms with van der Waals surface area (Å²) >= 11 is 0. The molecule has 1 aromatic rings. The molecular weight excluding hydrogens is 246 g/mol. The summed E-state index contributed by atoms with van der Waals surface area (Å²) in [6.07, 6.45) is 5.62. The number of anilines is 1. The fraction of sp³-hybridized carbons (Fsp3) is 0.615. The van der Waals surface area contributed by atoms with Gasteiger partial charge in [-0.1, -0.05) is 13.3 Å². The summed E-state index contributed by atoms with van der Waals surface area (Å²) in [5.74, 6) is 0.876. The van der Waals surface area contributed by atoms with Crippen molar-refractivity contribution < 1.29 is 9.66 Å². The van der Waals surface area contributed by atoms with Crippen LogP contribution < -0.4 is 10.5 Å². The van der Waals surface area contributed by atoms with Crippen molar-refractivity contribution in [2.24, 2.45) is 5.92 Å². The van der Waals surface area contributed by atoms with Crippen LogP contribution >= 0.6 is 0 Å². The SMILES string of the molecule is CCC1CCCCC1Oc1cc([N+](=O)[O-])cc(N)n1. The normalized spacial score (nSPS) is 23.0. The second kappa shape index (κ2) is 5.86. The van der Waals surface area contributed by atoms with Gasteiger partial charge in [0.1, 0.15) is 11.9 Å². The van der Waals surface area contributed by atoms with E-state index in [2.05, 4.69) is 11.9 Å². The smallest absolute Gasteiger partial charge is 0.278 e. The van der Waals surface area contributed by atoms with Gasteiger partial charge in [0.05, 0.1) is 17.1 Å². The molecule has 2 rings (SSSR count). The topological polar surface area (TPSA) is 91.3 Å². The highest BCUT2D eigenvalue weighted by atomic mass is 16.6. The number of ether oxygens (including phenoxy) is 1. The van der Waals surface area contributed by atoms with Crippen LogP contribution in [0.1, 0.15) is 39.0 Å². The van der Waals surface area contributed by atoms with E-state index < -0.39 is 4.92 Å². The highest BCUT2D eigenvalue weighted by molar-refractivity contribution is 5.45. The molecule has 104 valence electrons. The summed E-state index contributed by atoms with van der Waals surface area (Å²) < 4.78 is 5.83. The molecule has 0 spiro atoms. The lowest BCUT2D eigenvalue weighted by atomic mass is 9.85. The molecule has 2 N–H and O–H groups in total. The van der Waals surface area contributed by atoms with Gasteiger partial charge in [0, 0.05) is 0 Å². The fourth-order valence-corrected chi connectivity index (χ4v) is 2.63. The van der Waals surface area contributed by atoms with E-state index in [0.29, 0.717) is 5.92 Å². The van der Waals surface area contributed by atoms with Gasteiger partial charge in [-0.05, 0) is 31.6 Å². The van der Waals surface area contributed by atoms with E-state index >= 15 is 0 Å². The lowest BCUT2D eigenvalue weighted by molar-refractivity contribution is -0.384. The van der Waals surface area contributed by atoms with E-state index in [0.717, 1.165) is 25.7 Å². The molecule has 1 heterocycles. The summed E-state index contributed by atoms with van der Waals surface area (Å²) in [5, 5.41) is 10.8. The minimum atomic E-state index is -0.483. The first-order chi connectivity index (χ1) is 9.10. The minimum absolute atomic E-state index is 0.0774. The Labute approximate surface area is 112 Å². The first-order valence-electron chi connectivity index (χ1n) is 6.68. The Kier molecular flexibility index (Phi) is 4.19. The van der Waals surface area contributed by atoms with Crippen molar-refractivity contribution in [3.63, 3.8) is 0 Å². The van der Waals surface area contributed by atoms with Crippen LogP contribution in [0.3, 0.4) is 0 Å². The number of hydrogen-bond donors (Lipinski definition) is 1. The molecule has 0 aliphatic heterocycles. The second-order valence-corrected chi connectivity index (χ2v) is 4.95. The van der Waals surface area contributed by atoms with E-state index in [9.17, 15) is 10.1 Å². The van der Waals surface area contributed by atoms with Crippen LogP contribution in [0.25, 0.3) is 0 Å². The summed E-state index contributed by atoms with van der Waals surface area (Å²) in [6.45, 7) is 2.14. The van der Waals surface area contributed by atoms with Gasteiger partial charge in [0.25, 0.3) is 5.69 Å². The Morgan fingerprint density at radius 3 is 2.89 bits per heavy atom. The molecule has 2 atom stereocenters. The molecule has 0 radical (unpaired) electrons. The van der Waals surface area contributed by atoms with E-state index in [1.807, 2.05) is 0 Å². The Bertz CT molecular complexity index is 464. The molecule has 2 unspecified atom stereocenters.